The molecule has 3 heteroatoms. The fraction of sp³-hybridized carbons (Fsp3) is 0.647. The first-order valence-corrected chi connectivity index (χ1v) is 8.09. The van der Waals surface area contributed by atoms with E-state index >= 15 is 0 Å². The van der Waals surface area contributed by atoms with Crippen molar-refractivity contribution in [3.05, 3.63) is 34.9 Å². The molecule has 0 amide bonds. The van der Waals surface area contributed by atoms with Crippen LogP contribution >= 0.6 is 11.6 Å². The summed E-state index contributed by atoms with van der Waals surface area (Å²) in [5.41, 5.74) is 7.65. The van der Waals surface area contributed by atoms with E-state index in [1.54, 1.807) is 0 Å². The lowest BCUT2D eigenvalue weighted by molar-refractivity contribution is -0.104. The van der Waals surface area contributed by atoms with Gasteiger partial charge >= 0.3 is 0 Å². The summed E-state index contributed by atoms with van der Waals surface area (Å²) in [5, 5.41) is 0.766. The molecule has 1 spiro atoms. The van der Waals surface area contributed by atoms with Crippen molar-refractivity contribution in [3.8, 4) is 0 Å². The Labute approximate surface area is 126 Å². The quantitative estimate of drug-likeness (QED) is 0.884. The monoisotopic (exact) mass is 293 g/mol. The standard InChI is InChI=1S/C17H24ClNO/c1-16(19,13-5-4-6-15(18)11-13)14-7-10-20-17(12-14)8-2-3-9-17/h4-6,11,14H,2-3,7-10,12,19H2,1H3. The largest absolute Gasteiger partial charge is 0.375 e. The Morgan fingerprint density at radius 3 is 2.80 bits per heavy atom. The van der Waals surface area contributed by atoms with Crippen LogP contribution in [0.1, 0.15) is 51.0 Å². The Morgan fingerprint density at radius 1 is 1.35 bits per heavy atom. The van der Waals surface area contributed by atoms with Crippen LogP contribution in [0.2, 0.25) is 5.02 Å². The van der Waals surface area contributed by atoms with Crippen LogP contribution in [0.3, 0.4) is 0 Å². The molecule has 1 aliphatic carbocycles. The summed E-state index contributed by atoms with van der Waals surface area (Å²) in [6.45, 7) is 3.00. The fourth-order valence-electron chi connectivity index (χ4n) is 3.97. The second-order valence-corrected chi connectivity index (χ2v) is 7.16. The van der Waals surface area contributed by atoms with Crippen LogP contribution in [0.5, 0.6) is 0 Å². The maximum atomic E-state index is 6.72. The average Bonchev–Trinajstić information content (AvgIpc) is 2.87. The van der Waals surface area contributed by atoms with Gasteiger partial charge in [-0.25, -0.2) is 0 Å². The lowest BCUT2D eigenvalue weighted by atomic mass is 9.71. The molecule has 2 nitrogen and oxygen atoms in total. The number of benzene rings is 1. The Hall–Kier alpha value is -0.570. The molecule has 110 valence electrons. The molecular formula is C17H24ClNO. The van der Waals surface area contributed by atoms with Crippen LogP contribution < -0.4 is 5.73 Å². The number of hydrogen-bond donors (Lipinski definition) is 1. The van der Waals surface area contributed by atoms with Gasteiger partial charge in [-0.3, -0.25) is 0 Å². The number of halogens is 1. The molecule has 0 radical (unpaired) electrons. The van der Waals surface area contributed by atoms with Crippen LogP contribution in [-0.4, -0.2) is 12.2 Å². The van der Waals surface area contributed by atoms with Crippen LogP contribution in [0.4, 0.5) is 0 Å². The lowest BCUT2D eigenvalue weighted by Crippen LogP contribution is -2.49. The molecule has 2 N–H and O–H groups in total. The molecule has 1 aromatic rings. The number of ether oxygens (including phenoxy) is 1. The Morgan fingerprint density at radius 2 is 2.10 bits per heavy atom. The molecule has 2 atom stereocenters. The minimum Gasteiger partial charge on any atom is -0.375 e. The van der Waals surface area contributed by atoms with E-state index in [9.17, 15) is 0 Å². The molecule has 1 saturated carbocycles. The summed E-state index contributed by atoms with van der Waals surface area (Å²) < 4.78 is 6.13. The lowest BCUT2D eigenvalue weighted by Gasteiger charge is -2.45. The van der Waals surface area contributed by atoms with Gasteiger partial charge in [0.15, 0.2) is 0 Å². The first-order valence-electron chi connectivity index (χ1n) is 7.71. The predicted molar refractivity (Wildman–Crippen MR) is 82.9 cm³/mol. The molecule has 3 rings (SSSR count). The molecule has 2 fully saturated rings. The normalized spacial score (nSPS) is 28.4. The average molecular weight is 294 g/mol. The Bertz CT molecular complexity index is 480. The molecule has 0 bridgehead atoms. The van der Waals surface area contributed by atoms with Crippen LogP contribution in [0.15, 0.2) is 24.3 Å². The molecule has 1 heterocycles. The smallest absolute Gasteiger partial charge is 0.0686 e. The third-order valence-corrected chi connectivity index (χ3v) is 5.54. The molecule has 0 aromatic heterocycles. The molecular weight excluding hydrogens is 270 g/mol. The van der Waals surface area contributed by atoms with Crippen LogP contribution in [0, 0.1) is 5.92 Å². The number of hydrogen-bond acceptors (Lipinski definition) is 2. The van der Waals surface area contributed by atoms with Gasteiger partial charge in [0.1, 0.15) is 0 Å². The van der Waals surface area contributed by atoms with Gasteiger partial charge in [0.2, 0.25) is 0 Å². The van der Waals surface area contributed by atoms with Crippen molar-refractivity contribution in [2.75, 3.05) is 6.61 Å². The third-order valence-electron chi connectivity index (χ3n) is 5.30. The van der Waals surface area contributed by atoms with Gasteiger partial charge in [0.25, 0.3) is 0 Å². The summed E-state index contributed by atoms with van der Waals surface area (Å²) in [5.74, 6) is 0.466. The Kier molecular flexibility index (Phi) is 3.83. The van der Waals surface area contributed by atoms with E-state index < -0.39 is 0 Å². The van der Waals surface area contributed by atoms with Gasteiger partial charge in [-0.05, 0) is 56.2 Å². The zero-order chi connectivity index (χ0) is 14.2. The van der Waals surface area contributed by atoms with Crippen molar-refractivity contribution >= 4 is 11.6 Å². The first-order chi connectivity index (χ1) is 9.52. The van der Waals surface area contributed by atoms with E-state index in [0.717, 1.165) is 30.0 Å². The zero-order valence-electron chi connectivity index (χ0n) is 12.2. The van der Waals surface area contributed by atoms with E-state index in [1.807, 2.05) is 18.2 Å². The van der Waals surface area contributed by atoms with Gasteiger partial charge in [-0.15, -0.1) is 0 Å². The summed E-state index contributed by atoms with van der Waals surface area (Å²) in [4.78, 5) is 0. The highest BCUT2D eigenvalue weighted by Gasteiger charge is 2.45. The van der Waals surface area contributed by atoms with Crippen molar-refractivity contribution in [2.24, 2.45) is 11.7 Å². The fourth-order valence-corrected chi connectivity index (χ4v) is 4.16. The maximum Gasteiger partial charge on any atom is 0.0686 e. The second kappa shape index (κ2) is 5.32. The third kappa shape index (κ3) is 2.61. The van der Waals surface area contributed by atoms with Crippen molar-refractivity contribution < 1.29 is 4.74 Å². The van der Waals surface area contributed by atoms with Crippen molar-refractivity contribution in [3.63, 3.8) is 0 Å². The topological polar surface area (TPSA) is 35.2 Å². The van der Waals surface area contributed by atoms with Crippen molar-refractivity contribution in [1.82, 2.24) is 0 Å². The minimum absolute atomic E-state index is 0.113. The molecule has 1 aromatic carbocycles. The van der Waals surface area contributed by atoms with E-state index in [2.05, 4.69) is 13.0 Å². The molecule has 2 aliphatic rings. The maximum absolute atomic E-state index is 6.72. The van der Waals surface area contributed by atoms with Crippen LogP contribution in [-0.2, 0) is 10.3 Å². The zero-order valence-corrected chi connectivity index (χ0v) is 13.0. The minimum atomic E-state index is -0.329. The van der Waals surface area contributed by atoms with E-state index in [4.69, 9.17) is 22.1 Å². The SMILES string of the molecule is CC(N)(c1cccc(Cl)c1)C1CCOC2(CCCC2)C1. The summed E-state index contributed by atoms with van der Waals surface area (Å²) in [6, 6.07) is 8.01. The van der Waals surface area contributed by atoms with Gasteiger partial charge < -0.3 is 10.5 Å². The molecule has 2 unspecified atom stereocenters. The highest BCUT2D eigenvalue weighted by Crippen LogP contribution is 2.46. The number of nitrogens with two attached hydrogens (primary N) is 1. The molecule has 1 saturated heterocycles. The molecule has 1 aliphatic heterocycles. The predicted octanol–water partition coefficient (Wildman–Crippen LogP) is 4.25. The van der Waals surface area contributed by atoms with Gasteiger partial charge in [0.05, 0.1) is 5.60 Å². The summed E-state index contributed by atoms with van der Waals surface area (Å²) in [7, 11) is 0. The van der Waals surface area contributed by atoms with Crippen LogP contribution in [0.25, 0.3) is 0 Å². The Balaban J connectivity index is 1.83. The first kappa shape index (κ1) is 14.4. The molecule has 20 heavy (non-hydrogen) atoms. The van der Waals surface area contributed by atoms with E-state index in [0.29, 0.717) is 5.92 Å². The second-order valence-electron chi connectivity index (χ2n) is 6.72. The van der Waals surface area contributed by atoms with Crippen molar-refractivity contribution in [2.45, 2.75) is 56.6 Å². The summed E-state index contributed by atoms with van der Waals surface area (Å²) in [6.07, 6.45) is 7.13. The number of rotatable bonds is 2. The van der Waals surface area contributed by atoms with Gasteiger partial charge in [-0.2, -0.15) is 0 Å². The summed E-state index contributed by atoms with van der Waals surface area (Å²) >= 11 is 6.13. The van der Waals surface area contributed by atoms with E-state index in [-0.39, 0.29) is 11.1 Å². The van der Waals surface area contributed by atoms with Gasteiger partial charge in [0, 0.05) is 17.2 Å². The highest BCUT2D eigenvalue weighted by atomic mass is 35.5. The van der Waals surface area contributed by atoms with Gasteiger partial charge in [-0.1, -0.05) is 36.6 Å². The van der Waals surface area contributed by atoms with E-state index in [1.165, 1.54) is 25.7 Å². The van der Waals surface area contributed by atoms with Crippen molar-refractivity contribution in [1.29, 1.82) is 0 Å². The highest BCUT2D eigenvalue weighted by molar-refractivity contribution is 6.30.